The van der Waals surface area contributed by atoms with Crippen molar-refractivity contribution in [3.8, 4) is 0 Å². The van der Waals surface area contributed by atoms with Crippen LogP contribution in [0.3, 0.4) is 0 Å². The van der Waals surface area contributed by atoms with Gasteiger partial charge in [0.1, 0.15) is 5.76 Å². The van der Waals surface area contributed by atoms with E-state index in [1.165, 1.54) is 29.8 Å². The van der Waals surface area contributed by atoms with E-state index in [1.807, 2.05) is 0 Å². The third-order valence-corrected chi connectivity index (χ3v) is 4.25. The molecular weight excluding hydrogens is 280 g/mol. The van der Waals surface area contributed by atoms with Gasteiger partial charge in [0.2, 0.25) is 5.09 Å². The summed E-state index contributed by atoms with van der Waals surface area (Å²) < 4.78 is 33.5. The standard InChI is InChI=1S/C12H16N4O3S/c1-16-8-10(6-14-16)15-20(17,18)12-5-4-11(19-12)7-13-9-2-3-9/h4-6,8-9,13,15H,2-3,7H2,1H3. The number of anilines is 1. The van der Waals surface area contributed by atoms with Crippen LogP contribution in [0.25, 0.3) is 0 Å². The summed E-state index contributed by atoms with van der Waals surface area (Å²) in [5, 5.41) is 7.08. The zero-order valence-corrected chi connectivity index (χ0v) is 11.9. The molecule has 2 aromatic rings. The molecule has 0 aliphatic heterocycles. The molecule has 8 heteroatoms. The quantitative estimate of drug-likeness (QED) is 0.832. The van der Waals surface area contributed by atoms with Gasteiger partial charge in [-0.3, -0.25) is 9.40 Å². The minimum Gasteiger partial charge on any atom is -0.446 e. The normalized spacial score (nSPS) is 15.4. The first-order valence-corrected chi connectivity index (χ1v) is 7.85. The van der Waals surface area contributed by atoms with Gasteiger partial charge in [-0.1, -0.05) is 0 Å². The number of hydrogen-bond donors (Lipinski definition) is 2. The first-order valence-electron chi connectivity index (χ1n) is 6.36. The lowest BCUT2D eigenvalue weighted by Gasteiger charge is -2.02. The van der Waals surface area contributed by atoms with Crippen LogP contribution in [0.1, 0.15) is 18.6 Å². The van der Waals surface area contributed by atoms with E-state index in [0.29, 0.717) is 24.0 Å². The number of rotatable bonds is 6. The first-order chi connectivity index (χ1) is 9.53. The van der Waals surface area contributed by atoms with Crippen LogP contribution >= 0.6 is 0 Å². The van der Waals surface area contributed by atoms with Gasteiger partial charge in [0.15, 0.2) is 0 Å². The van der Waals surface area contributed by atoms with Crippen molar-refractivity contribution >= 4 is 15.7 Å². The molecule has 0 aromatic carbocycles. The Labute approximate surface area is 117 Å². The molecule has 0 amide bonds. The molecule has 3 rings (SSSR count). The maximum atomic E-state index is 12.1. The van der Waals surface area contributed by atoms with Gasteiger partial charge in [-0.15, -0.1) is 0 Å². The molecule has 7 nitrogen and oxygen atoms in total. The summed E-state index contributed by atoms with van der Waals surface area (Å²) >= 11 is 0. The van der Waals surface area contributed by atoms with Crippen LogP contribution in [0.5, 0.6) is 0 Å². The summed E-state index contributed by atoms with van der Waals surface area (Å²) in [6.45, 7) is 0.549. The fourth-order valence-corrected chi connectivity index (χ4v) is 2.79. The van der Waals surface area contributed by atoms with Crippen LogP contribution in [0.4, 0.5) is 5.69 Å². The van der Waals surface area contributed by atoms with Crippen molar-refractivity contribution in [3.63, 3.8) is 0 Å². The Morgan fingerprint density at radius 2 is 2.25 bits per heavy atom. The highest BCUT2D eigenvalue weighted by Crippen LogP contribution is 2.21. The van der Waals surface area contributed by atoms with Gasteiger partial charge in [-0.25, -0.2) is 0 Å². The second-order valence-electron chi connectivity index (χ2n) is 4.88. The highest BCUT2D eigenvalue weighted by atomic mass is 32.2. The highest BCUT2D eigenvalue weighted by molar-refractivity contribution is 7.92. The van der Waals surface area contributed by atoms with Gasteiger partial charge in [-0.2, -0.15) is 13.5 Å². The van der Waals surface area contributed by atoms with Crippen molar-refractivity contribution in [3.05, 3.63) is 30.3 Å². The fourth-order valence-electron chi connectivity index (χ4n) is 1.81. The van der Waals surface area contributed by atoms with Crippen molar-refractivity contribution < 1.29 is 12.8 Å². The molecule has 0 bridgehead atoms. The molecule has 108 valence electrons. The minimum atomic E-state index is -3.70. The summed E-state index contributed by atoms with van der Waals surface area (Å²) in [6, 6.07) is 3.68. The molecule has 2 aromatic heterocycles. The summed E-state index contributed by atoms with van der Waals surface area (Å²) in [4.78, 5) is 0. The van der Waals surface area contributed by atoms with E-state index in [4.69, 9.17) is 4.42 Å². The van der Waals surface area contributed by atoms with Crippen LogP contribution < -0.4 is 10.0 Å². The minimum absolute atomic E-state index is 0.0889. The summed E-state index contributed by atoms with van der Waals surface area (Å²) in [5.74, 6) is 0.614. The van der Waals surface area contributed by atoms with E-state index >= 15 is 0 Å². The van der Waals surface area contributed by atoms with Gasteiger partial charge in [-0.05, 0) is 25.0 Å². The number of nitrogens with one attached hydrogen (secondary N) is 2. The van der Waals surface area contributed by atoms with E-state index in [-0.39, 0.29) is 5.09 Å². The monoisotopic (exact) mass is 296 g/mol. The van der Waals surface area contributed by atoms with E-state index < -0.39 is 10.0 Å². The predicted molar refractivity (Wildman–Crippen MR) is 72.6 cm³/mol. The smallest absolute Gasteiger partial charge is 0.295 e. The maximum absolute atomic E-state index is 12.1. The van der Waals surface area contributed by atoms with E-state index in [9.17, 15) is 8.42 Å². The van der Waals surface area contributed by atoms with E-state index in [0.717, 1.165) is 0 Å². The Kier molecular flexibility index (Phi) is 3.27. The molecular formula is C12H16N4O3S. The lowest BCUT2D eigenvalue weighted by atomic mass is 10.4. The van der Waals surface area contributed by atoms with Crippen molar-refractivity contribution in [1.82, 2.24) is 15.1 Å². The average Bonchev–Trinajstić information content (AvgIpc) is 2.93. The van der Waals surface area contributed by atoms with Crippen molar-refractivity contribution in [1.29, 1.82) is 0 Å². The molecule has 1 fully saturated rings. The average molecular weight is 296 g/mol. The van der Waals surface area contributed by atoms with Gasteiger partial charge < -0.3 is 9.73 Å². The molecule has 0 spiro atoms. The summed E-state index contributed by atoms with van der Waals surface area (Å²) in [6.07, 6.45) is 5.37. The Balaban J connectivity index is 1.69. The Hall–Kier alpha value is -1.80. The van der Waals surface area contributed by atoms with E-state index in [2.05, 4.69) is 15.1 Å². The molecule has 1 saturated carbocycles. The van der Waals surface area contributed by atoms with Crippen molar-refractivity contribution in [2.45, 2.75) is 30.5 Å². The largest absolute Gasteiger partial charge is 0.446 e. The zero-order chi connectivity index (χ0) is 14.2. The van der Waals surface area contributed by atoms with Crippen LogP contribution in [0, 0.1) is 0 Å². The van der Waals surface area contributed by atoms with E-state index in [1.54, 1.807) is 19.3 Å². The lowest BCUT2D eigenvalue weighted by Crippen LogP contribution is -2.15. The molecule has 2 heterocycles. The number of aryl methyl sites for hydroxylation is 1. The number of sulfonamides is 1. The molecule has 0 saturated heterocycles. The molecule has 1 aliphatic carbocycles. The van der Waals surface area contributed by atoms with Gasteiger partial charge in [0, 0.05) is 19.3 Å². The van der Waals surface area contributed by atoms with Gasteiger partial charge in [0.05, 0.1) is 18.4 Å². The van der Waals surface area contributed by atoms with Crippen molar-refractivity contribution in [2.75, 3.05) is 4.72 Å². The van der Waals surface area contributed by atoms with Crippen LogP contribution in [-0.4, -0.2) is 24.2 Å². The Morgan fingerprint density at radius 1 is 1.45 bits per heavy atom. The molecule has 0 radical (unpaired) electrons. The first kappa shape index (κ1) is 13.2. The number of hydrogen-bond acceptors (Lipinski definition) is 5. The zero-order valence-electron chi connectivity index (χ0n) is 11.0. The molecule has 1 aliphatic rings. The summed E-state index contributed by atoms with van der Waals surface area (Å²) in [7, 11) is -1.99. The molecule has 20 heavy (non-hydrogen) atoms. The molecule has 0 atom stereocenters. The maximum Gasteiger partial charge on any atom is 0.295 e. The second-order valence-corrected chi connectivity index (χ2v) is 6.50. The van der Waals surface area contributed by atoms with Gasteiger partial charge >= 0.3 is 0 Å². The number of nitrogens with zero attached hydrogens (tertiary/aromatic N) is 2. The fraction of sp³-hybridized carbons (Fsp3) is 0.417. The van der Waals surface area contributed by atoms with Gasteiger partial charge in [0.25, 0.3) is 10.0 Å². The highest BCUT2D eigenvalue weighted by Gasteiger charge is 2.22. The SMILES string of the molecule is Cn1cc(NS(=O)(=O)c2ccc(CNC3CC3)o2)cn1. The van der Waals surface area contributed by atoms with Crippen LogP contribution in [0.2, 0.25) is 0 Å². The molecule has 0 unspecified atom stereocenters. The lowest BCUT2D eigenvalue weighted by molar-refractivity contribution is 0.403. The third-order valence-electron chi connectivity index (χ3n) is 3.00. The molecule has 2 N–H and O–H groups in total. The third kappa shape index (κ3) is 3.02. The van der Waals surface area contributed by atoms with Crippen LogP contribution in [-0.2, 0) is 23.6 Å². The Bertz CT molecular complexity index is 700. The predicted octanol–water partition coefficient (Wildman–Crippen LogP) is 1.07. The second kappa shape index (κ2) is 4.95. The van der Waals surface area contributed by atoms with Crippen molar-refractivity contribution in [2.24, 2.45) is 7.05 Å². The number of aromatic nitrogens is 2. The number of furan rings is 1. The van der Waals surface area contributed by atoms with Crippen LogP contribution in [0.15, 0.2) is 34.0 Å². The topological polar surface area (TPSA) is 89.2 Å². The Morgan fingerprint density at radius 3 is 2.90 bits per heavy atom. The summed E-state index contributed by atoms with van der Waals surface area (Å²) in [5.41, 5.74) is 0.404.